The molecule has 1 saturated heterocycles. The minimum Gasteiger partial charge on any atom is -0.457 e. The van der Waals surface area contributed by atoms with Gasteiger partial charge >= 0.3 is 0 Å². The van der Waals surface area contributed by atoms with Crippen LogP contribution in [-0.2, 0) is 11.3 Å². The summed E-state index contributed by atoms with van der Waals surface area (Å²) in [6, 6.07) is 21.7. The van der Waals surface area contributed by atoms with Crippen LogP contribution in [0.1, 0.15) is 28.8 Å². The third-order valence-electron chi connectivity index (χ3n) is 6.34. The van der Waals surface area contributed by atoms with Gasteiger partial charge in [0.2, 0.25) is 5.91 Å². The monoisotopic (exact) mass is 453 g/mol. The van der Waals surface area contributed by atoms with Crippen LogP contribution in [-0.4, -0.2) is 35.8 Å². The number of benzene rings is 3. The Morgan fingerprint density at radius 3 is 2.56 bits per heavy atom. The second kappa shape index (κ2) is 9.43. The standard InChI is InChI=1S/C28H27N3O3/c1-2-27(32)31-14-6-7-20(18-31)30-21-15-24(26-17-29-28(33)25(26)16-21)19-10-12-23(13-11-19)34-22-8-4-3-5-9-22/h2-5,8-13,15-16,20,30H,1,6-7,14,17-18H2,(H,29,33)/t20-/m1/s1. The Morgan fingerprint density at radius 1 is 1.06 bits per heavy atom. The van der Waals surface area contributed by atoms with E-state index in [9.17, 15) is 9.59 Å². The molecule has 0 spiro atoms. The molecular formula is C28H27N3O3. The lowest BCUT2D eigenvalue weighted by Gasteiger charge is -2.33. The Bertz CT molecular complexity index is 1220. The Morgan fingerprint density at radius 2 is 1.79 bits per heavy atom. The van der Waals surface area contributed by atoms with Gasteiger partial charge in [0.1, 0.15) is 11.5 Å². The van der Waals surface area contributed by atoms with Crippen molar-refractivity contribution < 1.29 is 14.3 Å². The van der Waals surface area contributed by atoms with E-state index in [1.807, 2.05) is 65.6 Å². The number of anilines is 1. The van der Waals surface area contributed by atoms with Gasteiger partial charge in [0.05, 0.1) is 0 Å². The van der Waals surface area contributed by atoms with Gasteiger partial charge in [-0.05, 0) is 72.0 Å². The average molecular weight is 454 g/mol. The molecule has 6 heteroatoms. The number of ether oxygens (including phenoxy) is 1. The summed E-state index contributed by atoms with van der Waals surface area (Å²) in [5, 5.41) is 6.51. The molecule has 5 rings (SSSR count). The molecule has 0 saturated carbocycles. The van der Waals surface area contributed by atoms with E-state index in [0.717, 1.165) is 53.3 Å². The fourth-order valence-electron chi connectivity index (χ4n) is 4.66. The number of carbonyl (C=O) groups is 2. The first-order valence-corrected chi connectivity index (χ1v) is 11.6. The van der Waals surface area contributed by atoms with Crippen LogP contribution in [0.15, 0.2) is 79.4 Å². The molecule has 2 N–H and O–H groups in total. The lowest BCUT2D eigenvalue weighted by molar-refractivity contribution is -0.127. The Balaban J connectivity index is 1.40. The first kappa shape index (κ1) is 21.8. The van der Waals surface area contributed by atoms with Crippen LogP contribution in [0.3, 0.4) is 0 Å². The molecule has 1 atom stereocenters. The highest BCUT2D eigenvalue weighted by atomic mass is 16.5. The topological polar surface area (TPSA) is 70.7 Å². The van der Waals surface area contributed by atoms with Gasteiger partial charge in [0.15, 0.2) is 0 Å². The Labute approximate surface area is 199 Å². The van der Waals surface area contributed by atoms with Gasteiger partial charge in [-0.25, -0.2) is 0 Å². The van der Waals surface area contributed by atoms with Crippen molar-refractivity contribution in [3.05, 3.63) is 90.5 Å². The first-order valence-electron chi connectivity index (χ1n) is 11.6. The summed E-state index contributed by atoms with van der Waals surface area (Å²) in [7, 11) is 0. The molecule has 2 aliphatic rings. The van der Waals surface area contributed by atoms with Gasteiger partial charge < -0.3 is 20.3 Å². The molecule has 1 fully saturated rings. The largest absolute Gasteiger partial charge is 0.457 e. The zero-order valence-corrected chi connectivity index (χ0v) is 18.9. The zero-order valence-electron chi connectivity index (χ0n) is 18.9. The van der Waals surface area contributed by atoms with Gasteiger partial charge in [-0.1, -0.05) is 36.9 Å². The summed E-state index contributed by atoms with van der Waals surface area (Å²) in [5.74, 6) is 1.44. The van der Waals surface area contributed by atoms with E-state index >= 15 is 0 Å². The number of carbonyl (C=O) groups excluding carboxylic acids is 2. The molecule has 0 aromatic heterocycles. The number of amides is 2. The molecular weight excluding hydrogens is 426 g/mol. The van der Waals surface area contributed by atoms with Gasteiger partial charge in [0, 0.05) is 36.9 Å². The number of likely N-dealkylation sites (tertiary alicyclic amines) is 1. The molecule has 3 aromatic carbocycles. The molecule has 0 bridgehead atoms. The first-order chi connectivity index (χ1) is 16.6. The summed E-state index contributed by atoms with van der Waals surface area (Å²) in [4.78, 5) is 26.4. The van der Waals surface area contributed by atoms with Crippen molar-refractivity contribution in [2.45, 2.75) is 25.4 Å². The van der Waals surface area contributed by atoms with Gasteiger partial charge in [0.25, 0.3) is 5.91 Å². The molecule has 0 unspecified atom stereocenters. The van der Waals surface area contributed by atoms with Crippen LogP contribution in [0.5, 0.6) is 11.5 Å². The van der Waals surface area contributed by atoms with E-state index in [0.29, 0.717) is 18.7 Å². The average Bonchev–Trinajstić information content (AvgIpc) is 3.25. The quantitative estimate of drug-likeness (QED) is 0.517. The Kier molecular flexibility index (Phi) is 6.04. The zero-order chi connectivity index (χ0) is 23.5. The normalized spacial score (nSPS) is 17.0. The van der Waals surface area contributed by atoms with Crippen LogP contribution < -0.4 is 15.4 Å². The smallest absolute Gasteiger partial charge is 0.251 e. The molecule has 3 aromatic rings. The summed E-state index contributed by atoms with van der Waals surface area (Å²) in [5.41, 5.74) is 4.61. The second-order valence-electron chi connectivity index (χ2n) is 8.64. The maximum atomic E-state index is 12.5. The molecule has 2 heterocycles. The second-order valence-corrected chi connectivity index (χ2v) is 8.64. The van der Waals surface area contributed by atoms with Crippen molar-refractivity contribution in [3.63, 3.8) is 0 Å². The fraction of sp³-hybridized carbons (Fsp3) is 0.214. The molecule has 34 heavy (non-hydrogen) atoms. The maximum Gasteiger partial charge on any atom is 0.251 e. The van der Waals surface area contributed by atoms with Crippen LogP contribution in [0.4, 0.5) is 5.69 Å². The number of piperidine rings is 1. The van der Waals surface area contributed by atoms with E-state index in [1.165, 1.54) is 6.08 Å². The highest BCUT2D eigenvalue weighted by Gasteiger charge is 2.26. The predicted octanol–water partition coefficient (Wildman–Crippen LogP) is 4.98. The number of para-hydroxylation sites is 1. The highest BCUT2D eigenvalue weighted by molar-refractivity contribution is 6.01. The fourth-order valence-corrected chi connectivity index (χ4v) is 4.66. The third kappa shape index (κ3) is 4.53. The number of nitrogens with one attached hydrogen (secondary N) is 2. The van der Waals surface area contributed by atoms with Gasteiger partial charge in [-0.3, -0.25) is 9.59 Å². The van der Waals surface area contributed by atoms with E-state index < -0.39 is 0 Å². The van der Waals surface area contributed by atoms with E-state index in [2.05, 4.69) is 23.3 Å². The van der Waals surface area contributed by atoms with Gasteiger partial charge in [-0.15, -0.1) is 0 Å². The molecule has 2 aliphatic heterocycles. The van der Waals surface area contributed by atoms with Crippen molar-refractivity contribution in [1.82, 2.24) is 10.2 Å². The molecule has 6 nitrogen and oxygen atoms in total. The van der Waals surface area contributed by atoms with E-state index in [-0.39, 0.29) is 17.9 Å². The molecule has 172 valence electrons. The molecule has 0 aliphatic carbocycles. The maximum absolute atomic E-state index is 12.5. The molecule has 2 amide bonds. The summed E-state index contributed by atoms with van der Waals surface area (Å²) >= 11 is 0. The number of rotatable bonds is 6. The number of hydrogen-bond acceptors (Lipinski definition) is 4. The van der Waals surface area contributed by atoms with E-state index in [4.69, 9.17) is 4.74 Å². The number of fused-ring (bicyclic) bond motifs is 1. The van der Waals surface area contributed by atoms with Crippen LogP contribution in [0.25, 0.3) is 11.1 Å². The third-order valence-corrected chi connectivity index (χ3v) is 6.34. The van der Waals surface area contributed by atoms with Crippen molar-refractivity contribution in [2.75, 3.05) is 18.4 Å². The van der Waals surface area contributed by atoms with Crippen LogP contribution in [0, 0.1) is 0 Å². The van der Waals surface area contributed by atoms with Crippen molar-refractivity contribution in [3.8, 4) is 22.6 Å². The van der Waals surface area contributed by atoms with E-state index in [1.54, 1.807) is 0 Å². The summed E-state index contributed by atoms with van der Waals surface area (Å²) in [6.45, 7) is 5.48. The predicted molar refractivity (Wildman–Crippen MR) is 133 cm³/mol. The Hall–Kier alpha value is -4.06. The summed E-state index contributed by atoms with van der Waals surface area (Å²) in [6.07, 6.45) is 3.26. The van der Waals surface area contributed by atoms with Crippen molar-refractivity contribution in [1.29, 1.82) is 0 Å². The van der Waals surface area contributed by atoms with Crippen molar-refractivity contribution >= 4 is 17.5 Å². The van der Waals surface area contributed by atoms with Crippen molar-refractivity contribution in [2.24, 2.45) is 0 Å². The minimum absolute atomic E-state index is 0.0432. The highest BCUT2D eigenvalue weighted by Crippen LogP contribution is 2.34. The number of hydrogen-bond donors (Lipinski definition) is 2. The minimum atomic E-state index is -0.0592. The van der Waals surface area contributed by atoms with Crippen LogP contribution in [0.2, 0.25) is 0 Å². The SMILES string of the molecule is C=CC(=O)N1CCC[C@@H](Nc2cc3c(c(-c4ccc(Oc5ccccc5)cc4)c2)CNC3=O)C1. The lowest BCUT2D eigenvalue weighted by Crippen LogP contribution is -2.44. The molecule has 0 radical (unpaired) electrons. The lowest BCUT2D eigenvalue weighted by atomic mass is 9.95. The van der Waals surface area contributed by atoms with Crippen LogP contribution >= 0.6 is 0 Å². The van der Waals surface area contributed by atoms with Gasteiger partial charge in [-0.2, -0.15) is 0 Å². The summed E-state index contributed by atoms with van der Waals surface area (Å²) < 4.78 is 5.92. The number of nitrogens with zero attached hydrogens (tertiary/aromatic N) is 1.